The molecule has 2 rings (SSSR count). The lowest BCUT2D eigenvalue weighted by Gasteiger charge is -2.00. The Hall–Kier alpha value is -1.84. The Balaban J connectivity index is 2.54. The van der Waals surface area contributed by atoms with Crippen LogP contribution in [0.25, 0.3) is 11.4 Å². The molecule has 0 radical (unpaired) electrons. The van der Waals surface area contributed by atoms with Crippen LogP contribution in [-0.2, 0) is 7.05 Å². The Labute approximate surface area is 80.5 Å². The number of aromatic nitrogens is 2. The smallest absolute Gasteiger partial charge is 0.229 e. The number of imidazole rings is 1. The van der Waals surface area contributed by atoms with Gasteiger partial charge in [0.25, 0.3) is 0 Å². The molecule has 1 aromatic heterocycles. The molecule has 0 saturated carbocycles. The maximum Gasteiger partial charge on any atom is 0.229 e. The van der Waals surface area contributed by atoms with Gasteiger partial charge in [-0.05, 0) is 12.1 Å². The van der Waals surface area contributed by atoms with E-state index < -0.39 is 0 Å². The van der Waals surface area contributed by atoms with Crippen molar-refractivity contribution in [2.24, 2.45) is 7.05 Å². The van der Waals surface area contributed by atoms with Gasteiger partial charge in [0.15, 0.2) is 0 Å². The number of aromatic hydroxyl groups is 1. The molecule has 0 saturated heterocycles. The summed E-state index contributed by atoms with van der Waals surface area (Å²) in [6.45, 7) is 0. The highest BCUT2D eigenvalue weighted by atomic mass is 19.1. The molecule has 4 heteroatoms. The Morgan fingerprint density at radius 2 is 2.21 bits per heavy atom. The van der Waals surface area contributed by atoms with Crippen molar-refractivity contribution in [3.05, 3.63) is 36.3 Å². The number of rotatable bonds is 1. The molecule has 0 aliphatic heterocycles. The molecular weight excluding hydrogens is 183 g/mol. The first-order valence-electron chi connectivity index (χ1n) is 4.15. The lowest BCUT2D eigenvalue weighted by molar-refractivity contribution is 0.456. The van der Waals surface area contributed by atoms with Crippen LogP contribution in [0.4, 0.5) is 4.39 Å². The second kappa shape index (κ2) is 3.14. The third-order valence-corrected chi connectivity index (χ3v) is 1.95. The number of halogens is 1. The fourth-order valence-corrected chi connectivity index (χ4v) is 1.35. The van der Waals surface area contributed by atoms with E-state index in [0.717, 1.165) is 0 Å². The van der Waals surface area contributed by atoms with Gasteiger partial charge in [0, 0.05) is 12.6 Å². The average molecular weight is 192 g/mol. The summed E-state index contributed by atoms with van der Waals surface area (Å²) in [6, 6.07) is 6.09. The summed E-state index contributed by atoms with van der Waals surface area (Å²) >= 11 is 0. The van der Waals surface area contributed by atoms with Gasteiger partial charge in [-0.3, -0.25) is 0 Å². The Kier molecular flexibility index (Phi) is 1.96. The number of aryl methyl sites for hydroxylation is 1. The summed E-state index contributed by atoms with van der Waals surface area (Å²) in [5.74, 6) is 0.166. The quantitative estimate of drug-likeness (QED) is 0.749. The van der Waals surface area contributed by atoms with Crippen molar-refractivity contribution < 1.29 is 9.50 Å². The number of nitrogens with zero attached hydrogens (tertiary/aromatic N) is 2. The van der Waals surface area contributed by atoms with E-state index in [1.165, 1.54) is 18.3 Å². The monoisotopic (exact) mass is 192 g/mol. The van der Waals surface area contributed by atoms with Gasteiger partial charge >= 0.3 is 0 Å². The van der Waals surface area contributed by atoms with Crippen molar-refractivity contribution in [3.63, 3.8) is 0 Å². The molecular formula is C10H9FN2O. The first kappa shape index (κ1) is 8.74. The molecule has 72 valence electrons. The lowest BCUT2D eigenvalue weighted by Crippen LogP contribution is -1.91. The molecule has 1 N–H and O–H groups in total. The highest BCUT2D eigenvalue weighted by Crippen LogP contribution is 2.20. The van der Waals surface area contributed by atoms with Crippen LogP contribution >= 0.6 is 0 Å². The van der Waals surface area contributed by atoms with E-state index in [9.17, 15) is 4.39 Å². The summed E-state index contributed by atoms with van der Waals surface area (Å²) < 4.78 is 14.5. The zero-order chi connectivity index (χ0) is 10.1. The van der Waals surface area contributed by atoms with Gasteiger partial charge in [-0.2, -0.15) is 4.98 Å². The van der Waals surface area contributed by atoms with Crippen LogP contribution in [0.1, 0.15) is 0 Å². The normalized spacial score (nSPS) is 10.4. The van der Waals surface area contributed by atoms with Crippen molar-refractivity contribution in [1.29, 1.82) is 0 Å². The average Bonchev–Trinajstić information content (AvgIpc) is 2.45. The number of hydrogen-bond donors (Lipinski definition) is 1. The molecule has 0 aliphatic rings. The zero-order valence-electron chi connectivity index (χ0n) is 7.61. The fraction of sp³-hybridized carbons (Fsp3) is 0.100. The largest absolute Gasteiger partial charge is 0.492 e. The van der Waals surface area contributed by atoms with E-state index in [1.807, 2.05) is 0 Å². The highest BCUT2D eigenvalue weighted by Gasteiger charge is 2.06. The summed E-state index contributed by atoms with van der Waals surface area (Å²) in [6.07, 6.45) is 1.47. The molecule has 0 amide bonds. The Morgan fingerprint density at radius 3 is 2.79 bits per heavy atom. The molecule has 0 atom stereocenters. The molecule has 0 bridgehead atoms. The summed E-state index contributed by atoms with van der Waals surface area (Å²) in [4.78, 5) is 3.87. The predicted octanol–water partition coefficient (Wildman–Crippen LogP) is 1.93. The minimum atomic E-state index is -0.315. The maximum atomic E-state index is 12.9. The summed E-state index contributed by atoms with van der Waals surface area (Å²) in [5.41, 5.74) is 0.646. The van der Waals surface area contributed by atoms with Gasteiger partial charge < -0.3 is 9.67 Å². The molecule has 14 heavy (non-hydrogen) atoms. The second-order valence-electron chi connectivity index (χ2n) is 3.04. The van der Waals surface area contributed by atoms with E-state index in [1.54, 1.807) is 23.7 Å². The molecule has 0 unspecified atom stereocenters. The van der Waals surface area contributed by atoms with E-state index in [4.69, 9.17) is 5.11 Å². The number of benzene rings is 1. The van der Waals surface area contributed by atoms with Gasteiger partial charge in [-0.25, -0.2) is 4.39 Å². The second-order valence-corrected chi connectivity index (χ2v) is 3.04. The summed E-state index contributed by atoms with van der Waals surface area (Å²) in [7, 11) is 1.74. The van der Waals surface area contributed by atoms with Gasteiger partial charge in [0.2, 0.25) is 5.88 Å². The van der Waals surface area contributed by atoms with Crippen molar-refractivity contribution in [3.8, 4) is 17.3 Å². The first-order chi connectivity index (χ1) is 6.66. The van der Waals surface area contributed by atoms with E-state index in [0.29, 0.717) is 11.4 Å². The third-order valence-electron chi connectivity index (χ3n) is 1.95. The topological polar surface area (TPSA) is 38.0 Å². The van der Waals surface area contributed by atoms with E-state index in [-0.39, 0.29) is 11.7 Å². The molecule has 3 nitrogen and oxygen atoms in total. The maximum absolute atomic E-state index is 12.9. The van der Waals surface area contributed by atoms with Crippen LogP contribution in [-0.4, -0.2) is 14.7 Å². The van der Waals surface area contributed by atoms with Gasteiger partial charge in [-0.1, -0.05) is 12.1 Å². The number of hydrogen-bond acceptors (Lipinski definition) is 2. The molecule has 0 spiro atoms. The minimum Gasteiger partial charge on any atom is -0.492 e. The van der Waals surface area contributed by atoms with Crippen LogP contribution in [0.2, 0.25) is 0 Å². The van der Waals surface area contributed by atoms with Crippen molar-refractivity contribution in [2.45, 2.75) is 0 Å². The van der Waals surface area contributed by atoms with E-state index >= 15 is 0 Å². The van der Waals surface area contributed by atoms with Crippen LogP contribution in [0.15, 0.2) is 30.5 Å². The van der Waals surface area contributed by atoms with Gasteiger partial charge in [0.05, 0.1) is 6.20 Å². The Bertz CT molecular complexity index is 465. The lowest BCUT2D eigenvalue weighted by atomic mass is 10.2. The van der Waals surface area contributed by atoms with Crippen LogP contribution < -0.4 is 0 Å². The summed E-state index contributed by atoms with van der Waals surface area (Å²) in [5, 5.41) is 9.14. The molecule has 0 aliphatic carbocycles. The van der Waals surface area contributed by atoms with Crippen LogP contribution in [0.5, 0.6) is 5.88 Å². The highest BCUT2D eigenvalue weighted by molar-refractivity contribution is 5.56. The molecule has 1 aromatic carbocycles. The fourth-order valence-electron chi connectivity index (χ4n) is 1.35. The minimum absolute atomic E-state index is 0.0632. The van der Waals surface area contributed by atoms with Crippen molar-refractivity contribution in [1.82, 2.24) is 9.55 Å². The zero-order valence-corrected chi connectivity index (χ0v) is 7.61. The van der Waals surface area contributed by atoms with Crippen molar-refractivity contribution in [2.75, 3.05) is 0 Å². The Morgan fingerprint density at radius 1 is 1.43 bits per heavy atom. The molecule has 0 fully saturated rings. The first-order valence-corrected chi connectivity index (χ1v) is 4.15. The van der Waals surface area contributed by atoms with E-state index in [2.05, 4.69) is 4.98 Å². The standard InChI is InChI=1S/C10H9FN2O/c1-13-6-9(14)12-10(13)7-3-2-4-8(11)5-7/h2-6,14H,1H3. The SMILES string of the molecule is Cn1cc(O)nc1-c1cccc(F)c1. The third kappa shape index (κ3) is 1.46. The molecule has 2 aromatic rings. The van der Waals surface area contributed by atoms with Gasteiger partial charge in [0.1, 0.15) is 11.6 Å². The van der Waals surface area contributed by atoms with Crippen LogP contribution in [0, 0.1) is 5.82 Å². The molecule has 1 heterocycles. The van der Waals surface area contributed by atoms with Crippen LogP contribution in [0.3, 0.4) is 0 Å². The predicted molar refractivity (Wildman–Crippen MR) is 50.3 cm³/mol. The van der Waals surface area contributed by atoms with Crippen molar-refractivity contribution >= 4 is 0 Å². The van der Waals surface area contributed by atoms with Gasteiger partial charge in [-0.15, -0.1) is 0 Å².